The highest BCUT2D eigenvalue weighted by Gasteiger charge is 2.31. The van der Waals surface area contributed by atoms with Gasteiger partial charge in [0.05, 0.1) is 10.6 Å². The number of anilines is 3. The van der Waals surface area contributed by atoms with E-state index in [1.807, 2.05) is 50.2 Å². The molecule has 1 heterocycles. The zero-order valence-electron chi connectivity index (χ0n) is 18.3. The van der Waals surface area contributed by atoms with E-state index in [2.05, 4.69) is 5.32 Å². The van der Waals surface area contributed by atoms with E-state index in [4.69, 9.17) is 5.73 Å². The molecular weight excluding hydrogens is 452 g/mol. The van der Waals surface area contributed by atoms with Crippen LogP contribution in [0.1, 0.15) is 33.3 Å². The van der Waals surface area contributed by atoms with Crippen LogP contribution in [0.25, 0.3) is 0 Å². The number of nitrogens with one attached hydrogen (secondary N) is 1. The van der Waals surface area contributed by atoms with Crippen molar-refractivity contribution in [2.75, 3.05) is 11.1 Å². The minimum absolute atomic E-state index is 0.0362. The highest BCUT2D eigenvalue weighted by Crippen LogP contribution is 2.44. The van der Waals surface area contributed by atoms with Gasteiger partial charge in [-0.15, -0.1) is 11.3 Å². The molecule has 1 aromatic heterocycles. The Kier molecular flexibility index (Phi) is 6.35. The minimum Gasteiger partial charge on any atom is -0.396 e. The van der Waals surface area contributed by atoms with Crippen molar-refractivity contribution in [2.45, 2.75) is 30.1 Å². The van der Waals surface area contributed by atoms with Crippen molar-refractivity contribution >= 4 is 43.3 Å². The average molecular weight is 477 g/mol. The van der Waals surface area contributed by atoms with Gasteiger partial charge in [-0.3, -0.25) is 4.79 Å². The second kappa shape index (κ2) is 9.21. The van der Waals surface area contributed by atoms with Crippen LogP contribution in [-0.2, 0) is 16.3 Å². The van der Waals surface area contributed by atoms with Crippen LogP contribution in [-0.4, -0.2) is 14.2 Å². The Bertz CT molecular complexity index is 1410. The van der Waals surface area contributed by atoms with E-state index in [1.54, 1.807) is 30.3 Å². The van der Waals surface area contributed by atoms with E-state index in [1.165, 1.54) is 12.1 Å². The molecule has 0 aliphatic heterocycles. The number of hydrogen-bond acceptors (Lipinski definition) is 6. The number of ketones is 1. The maximum Gasteiger partial charge on any atom is 0.211 e. The van der Waals surface area contributed by atoms with E-state index < -0.39 is 9.84 Å². The number of para-hydroxylation sites is 1. The number of carbonyl (C=O) groups is 1. The lowest BCUT2D eigenvalue weighted by molar-refractivity contribution is 0.104. The van der Waals surface area contributed by atoms with Gasteiger partial charge in [-0.05, 0) is 37.1 Å². The topological polar surface area (TPSA) is 89.3 Å². The Morgan fingerprint density at radius 2 is 1.58 bits per heavy atom. The molecule has 4 aromatic rings. The second-order valence-corrected chi connectivity index (χ2v) is 10.6. The first-order valence-corrected chi connectivity index (χ1v) is 12.8. The van der Waals surface area contributed by atoms with Crippen LogP contribution in [0.3, 0.4) is 0 Å². The quantitative estimate of drug-likeness (QED) is 0.319. The largest absolute Gasteiger partial charge is 0.396 e. The standard InChI is InChI=1S/C26H24N2O3S2/c1-3-18-9-7-8-12-21(18)28-26-25(33(30,31)20-10-5-4-6-11-20)22(27)24(32-26)23(29)19-15-13-17(2)14-16-19/h4-16,28H,3,27H2,1-2H3. The summed E-state index contributed by atoms with van der Waals surface area (Å²) < 4.78 is 27.2. The smallest absolute Gasteiger partial charge is 0.211 e. The number of rotatable bonds is 7. The summed E-state index contributed by atoms with van der Waals surface area (Å²) in [6.07, 6.45) is 0.764. The molecule has 0 saturated carbocycles. The molecule has 0 fully saturated rings. The number of nitrogens with two attached hydrogens (primary N) is 1. The Hall–Kier alpha value is -3.42. The summed E-state index contributed by atoms with van der Waals surface area (Å²) in [5.74, 6) is -0.307. The Morgan fingerprint density at radius 1 is 0.939 bits per heavy atom. The van der Waals surface area contributed by atoms with Gasteiger partial charge in [0.2, 0.25) is 15.6 Å². The van der Waals surface area contributed by atoms with Gasteiger partial charge >= 0.3 is 0 Å². The number of aryl methyl sites for hydroxylation is 2. The van der Waals surface area contributed by atoms with Crippen LogP contribution in [0.2, 0.25) is 0 Å². The molecule has 4 rings (SSSR count). The van der Waals surface area contributed by atoms with Gasteiger partial charge in [-0.2, -0.15) is 0 Å². The summed E-state index contributed by atoms with van der Waals surface area (Å²) in [7, 11) is -3.97. The molecular formula is C26H24N2O3S2. The fourth-order valence-electron chi connectivity index (χ4n) is 3.57. The number of carbonyl (C=O) groups excluding carboxylic acids is 1. The summed E-state index contributed by atoms with van der Waals surface area (Å²) in [6, 6.07) is 22.9. The monoisotopic (exact) mass is 476 g/mol. The summed E-state index contributed by atoms with van der Waals surface area (Å²) in [5.41, 5.74) is 9.64. The summed E-state index contributed by atoms with van der Waals surface area (Å²) in [5, 5.41) is 3.58. The Labute approximate surface area is 197 Å². The molecule has 0 radical (unpaired) electrons. The lowest BCUT2D eigenvalue weighted by Gasteiger charge is -2.12. The van der Waals surface area contributed by atoms with Crippen LogP contribution in [0, 0.1) is 6.92 Å². The van der Waals surface area contributed by atoms with Crippen molar-refractivity contribution in [3.63, 3.8) is 0 Å². The first kappa shape index (κ1) is 22.8. The summed E-state index contributed by atoms with van der Waals surface area (Å²) >= 11 is 1.06. The first-order valence-electron chi connectivity index (χ1n) is 10.5. The highest BCUT2D eigenvalue weighted by atomic mass is 32.2. The van der Waals surface area contributed by atoms with Gasteiger partial charge in [0, 0.05) is 11.3 Å². The normalized spacial score (nSPS) is 11.3. The van der Waals surface area contributed by atoms with Crippen molar-refractivity contribution in [2.24, 2.45) is 0 Å². The van der Waals surface area contributed by atoms with Gasteiger partial charge in [-0.1, -0.05) is 73.2 Å². The van der Waals surface area contributed by atoms with Crippen molar-refractivity contribution < 1.29 is 13.2 Å². The van der Waals surface area contributed by atoms with Crippen LogP contribution >= 0.6 is 11.3 Å². The molecule has 5 nitrogen and oxygen atoms in total. The molecule has 7 heteroatoms. The lowest BCUT2D eigenvalue weighted by atomic mass is 10.1. The molecule has 33 heavy (non-hydrogen) atoms. The van der Waals surface area contributed by atoms with Crippen molar-refractivity contribution in [1.82, 2.24) is 0 Å². The van der Waals surface area contributed by atoms with Gasteiger partial charge in [0.1, 0.15) is 14.8 Å². The minimum atomic E-state index is -3.97. The average Bonchev–Trinajstić information content (AvgIpc) is 3.16. The van der Waals surface area contributed by atoms with Crippen molar-refractivity contribution in [3.05, 3.63) is 100 Å². The maximum atomic E-state index is 13.6. The predicted octanol–water partition coefficient (Wildman–Crippen LogP) is 6.01. The molecule has 0 bridgehead atoms. The highest BCUT2D eigenvalue weighted by molar-refractivity contribution is 7.92. The molecule has 0 saturated heterocycles. The molecule has 0 spiro atoms. The van der Waals surface area contributed by atoms with Crippen LogP contribution in [0.15, 0.2) is 88.7 Å². The lowest BCUT2D eigenvalue weighted by Crippen LogP contribution is -2.08. The number of thiophene rings is 1. The molecule has 3 N–H and O–H groups in total. The van der Waals surface area contributed by atoms with Crippen molar-refractivity contribution in [3.8, 4) is 0 Å². The fraction of sp³-hybridized carbons (Fsp3) is 0.115. The summed E-state index contributed by atoms with van der Waals surface area (Å²) in [4.78, 5) is 13.5. The third kappa shape index (κ3) is 4.42. The van der Waals surface area contributed by atoms with Gasteiger partial charge in [0.15, 0.2) is 0 Å². The third-order valence-corrected chi connectivity index (χ3v) is 8.49. The third-order valence-electron chi connectivity index (χ3n) is 5.39. The summed E-state index contributed by atoms with van der Waals surface area (Å²) in [6.45, 7) is 3.96. The maximum absolute atomic E-state index is 13.6. The zero-order valence-corrected chi connectivity index (χ0v) is 20.0. The number of nitrogen functional groups attached to an aromatic ring is 1. The second-order valence-electron chi connectivity index (χ2n) is 7.65. The van der Waals surface area contributed by atoms with Gasteiger partial charge < -0.3 is 11.1 Å². The Morgan fingerprint density at radius 3 is 2.24 bits per heavy atom. The molecule has 0 atom stereocenters. The number of sulfone groups is 1. The number of hydrogen-bond donors (Lipinski definition) is 2. The van der Waals surface area contributed by atoms with Crippen LogP contribution < -0.4 is 11.1 Å². The van der Waals surface area contributed by atoms with Crippen LogP contribution in [0.4, 0.5) is 16.4 Å². The fourth-order valence-corrected chi connectivity index (χ4v) is 6.52. The first-order chi connectivity index (χ1) is 15.8. The molecule has 0 aliphatic carbocycles. The van der Waals surface area contributed by atoms with Crippen molar-refractivity contribution in [1.29, 1.82) is 0 Å². The van der Waals surface area contributed by atoms with Crippen LogP contribution in [0.5, 0.6) is 0 Å². The van der Waals surface area contributed by atoms with E-state index in [0.717, 1.165) is 34.6 Å². The SMILES string of the molecule is CCc1ccccc1Nc1sc(C(=O)c2ccc(C)cc2)c(N)c1S(=O)(=O)c1ccccc1. The molecule has 0 aliphatic rings. The number of benzene rings is 3. The van der Waals surface area contributed by atoms with E-state index in [-0.39, 0.29) is 26.1 Å². The molecule has 168 valence electrons. The van der Waals surface area contributed by atoms with Gasteiger partial charge in [0.25, 0.3) is 0 Å². The molecule has 0 unspecified atom stereocenters. The van der Waals surface area contributed by atoms with E-state index in [0.29, 0.717) is 10.6 Å². The zero-order chi connectivity index (χ0) is 23.6. The van der Waals surface area contributed by atoms with Gasteiger partial charge in [-0.25, -0.2) is 8.42 Å². The molecule has 3 aromatic carbocycles. The molecule has 0 amide bonds. The predicted molar refractivity (Wildman–Crippen MR) is 134 cm³/mol. The Balaban J connectivity index is 1.90. The van der Waals surface area contributed by atoms with E-state index >= 15 is 0 Å². The van der Waals surface area contributed by atoms with E-state index in [9.17, 15) is 13.2 Å².